The third-order valence-electron chi connectivity index (χ3n) is 4.06. The second kappa shape index (κ2) is 7.31. The molecule has 0 saturated heterocycles. The topological polar surface area (TPSA) is 60.4 Å². The summed E-state index contributed by atoms with van der Waals surface area (Å²) < 4.78 is 16.1. The molecule has 0 unspecified atom stereocenters. The lowest BCUT2D eigenvalue weighted by Crippen LogP contribution is -2.21. The van der Waals surface area contributed by atoms with E-state index in [2.05, 4.69) is 5.10 Å². The van der Waals surface area contributed by atoms with Crippen molar-refractivity contribution in [3.05, 3.63) is 53.6 Å². The Kier molecular flexibility index (Phi) is 4.93. The predicted molar refractivity (Wildman–Crippen MR) is 101 cm³/mol. The Bertz CT molecular complexity index is 863. The fourth-order valence-electron chi connectivity index (χ4n) is 2.78. The summed E-state index contributed by atoms with van der Waals surface area (Å²) in [6.45, 7) is 1.81. The standard InChI is InChI=1S/C20H20N2O4/c1-13-16(20(23)22(21-13)15-8-6-5-7-9-15)10-14-11-17(24-2)19(26-4)18(12-14)25-3/h5-12H,1-4H3. The average molecular weight is 352 g/mol. The summed E-state index contributed by atoms with van der Waals surface area (Å²) in [6.07, 6.45) is 1.77. The number of carbonyl (C=O) groups is 1. The molecule has 1 amide bonds. The van der Waals surface area contributed by atoms with Crippen LogP contribution < -0.4 is 19.2 Å². The van der Waals surface area contributed by atoms with Crippen LogP contribution in [0, 0.1) is 0 Å². The van der Waals surface area contributed by atoms with E-state index in [4.69, 9.17) is 14.2 Å². The first kappa shape index (κ1) is 17.5. The second-order valence-electron chi connectivity index (χ2n) is 5.65. The van der Waals surface area contributed by atoms with Crippen LogP contribution in [0.1, 0.15) is 12.5 Å². The van der Waals surface area contributed by atoms with Crippen molar-refractivity contribution in [1.29, 1.82) is 0 Å². The van der Waals surface area contributed by atoms with Gasteiger partial charge in [-0.1, -0.05) is 18.2 Å². The molecule has 0 radical (unpaired) electrons. The Morgan fingerprint density at radius 1 is 0.962 bits per heavy atom. The maximum absolute atomic E-state index is 12.8. The van der Waals surface area contributed by atoms with E-state index in [0.29, 0.717) is 28.5 Å². The van der Waals surface area contributed by atoms with Gasteiger partial charge in [-0.25, -0.2) is 0 Å². The zero-order valence-electron chi connectivity index (χ0n) is 15.1. The minimum Gasteiger partial charge on any atom is -0.493 e. The molecule has 0 aliphatic carbocycles. The van der Waals surface area contributed by atoms with Gasteiger partial charge in [0, 0.05) is 0 Å². The molecule has 1 heterocycles. The third kappa shape index (κ3) is 3.13. The summed E-state index contributed by atoms with van der Waals surface area (Å²) in [7, 11) is 4.66. The van der Waals surface area contributed by atoms with Crippen molar-refractivity contribution in [2.45, 2.75) is 6.92 Å². The number of ether oxygens (including phenoxy) is 3. The van der Waals surface area contributed by atoms with Gasteiger partial charge in [-0.2, -0.15) is 10.1 Å². The minimum atomic E-state index is -0.178. The molecule has 0 aromatic heterocycles. The van der Waals surface area contributed by atoms with Gasteiger partial charge >= 0.3 is 0 Å². The maximum Gasteiger partial charge on any atom is 0.280 e. The summed E-state index contributed by atoms with van der Waals surface area (Å²) in [4.78, 5) is 12.8. The van der Waals surface area contributed by atoms with E-state index in [-0.39, 0.29) is 5.91 Å². The zero-order valence-corrected chi connectivity index (χ0v) is 15.1. The largest absolute Gasteiger partial charge is 0.493 e. The molecule has 3 rings (SSSR count). The number of nitrogens with zero attached hydrogens (tertiary/aromatic N) is 2. The van der Waals surface area contributed by atoms with E-state index in [0.717, 1.165) is 11.3 Å². The molecule has 0 fully saturated rings. The van der Waals surface area contributed by atoms with Gasteiger partial charge in [0.2, 0.25) is 5.75 Å². The highest BCUT2D eigenvalue weighted by Gasteiger charge is 2.28. The normalized spacial score (nSPS) is 15.2. The minimum absolute atomic E-state index is 0.178. The molecule has 0 spiro atoms. The van der Waals surface area contributed by atoms with Crippen molar-refractivity contribution in [2.24, 2.45) is 5.10 Å². The number of benzene rings is 2. The summed E-state index contributed by atoms with van der Waals surface area (Å²) in [5, 5.41) is 5.78. The Labute approximate surface area is 152 Å². The SMILES string of the molecule is COc1cc(C=C2C(=O)N(c3ccccc3)N=C2C)cc(OC)c1OC. The van der Waals surface area contributed by atoms with Crippen LogP contribution in [0.4, 0.5) is 5.69 Å². The van der Waals surface area contributed by atoms with Crippen LogP contribution in [-0.4, -0.2) is 32.9 Å². The van der Waals surface area contributed by atoms with E-state index in [1.54, 1.807) is 39.5 Å². The van der Waals surface area contributed by atoms with E-state index < -0.39 is 0 Å². The lowest BCUT2D eigenvalue weighted by atomic mass is 10.1. The maximum atomic E-state index is 12.8. The quantitative estimate of drug-likeness (QED) is 0.773. The van der Waals surface area contributed by atoms with Crippen LogP contribution in [0.15, 0.2) is 53.1 Å². The molecule has 134 valence electrons. The lowest BCUT2D eigenvalue weighted by Gasteiger charge is -2.13. The van der Waals surface area contributed by atoms with E-state index in [1.807, 2.05) is 37.3 Å². The molecule has 2 aromatic carbocycles. The Balaban J connectivity index is 2.00. The Morgan fingerprint density at radius 2 is 1.58 bits per heavy atom. The van der Waals surface area contributed by atoms with Crippen molar-refractivity contribution < 1.29 is 19.0 Å². The molecule has 2 aromatic rings. The number of hydrazone groups is 1. The van der Waals surface area contributed by atoms with Crippen molar-refractivity contribution in [3.8, 4) is 17.2 Å². The molecule has 0 saturated carbocycles. The number of anilines is 1. The Hall–Kier alpha value is -3.28. The zero-order chi connectivity index (χ0) is 18.7. The first-order valence-electron chi connectivity index (χ1n) is 8.05. The van der Waals surface area contributed by atoms with Crippen LogP contribution in [0.2, 0.25) is 0 Å². The van der Waals surface area contributed by atoms with Gasteiger partial charge in [0.15, 0.2) is 11.5 Å². The van der Waals surface area contributed by atoms with E-state index in [9.17, 15) is 4.79 Å². The van der Waals surface area contributed by atoms with Crippen molar-refractivity contribution in [2.75, 3.05) is 26.3 Å². The molecule has 0 N–H and O–H groups in total. The number of carbonyl (C=O) groups excluding carboxylic acids is 1. The molecule has 6 nitrogen and oxygen atoms in total. The number of rotatable bonds is 5. The molecule has 0 bridgehead atoms. The van der Waals surface area contributed by atoms with Gasteiger partial charge in [0.05, 0.1) is 38.3 Å². The van der Waals surface area contributed by atoms with Crippen LogP contribution in [0.3, 0.4) is 0 Å². The Morgan fingerprint density at radius 3 is 2.12 bits per heavy atom. The molecule has 6 heteroatoms. The van der Waals surface area contributed by atoms with Gasteiger partial charge in [-0.15, -0.1) is 0 Å². The highest BCUT2D eigenvalue weighted by Crippen LogP contribution is 2.39. The number of methoxy groups -OCH3 is 3. The predicted octanol–water partition coefficient (Wildman–Crippen LogP) is 3.52. The monoisotopic (exact) mass is 352 g/mol. The molecule has 1 aliphatic heterocycles. The highest BCUT2D eigenvalue weighted by atomic mass is 16.5. The van der Waals surface area contributed by atoms with E-state index in [1.165, 1.54) is 5.01 Å². The summed E-state index contributed by atoms with van der Waals surface area (Å²) in [5.74, 6) is 1.38. The lowest BCUT2D eigenvalue weighted by molar-refractivity contribution is -0.114. The van der Waals surface area contributed by atoms with Crippen LogP contribution in [-0.2, 0) is 4.79 Å². The van der Waals surface area contributed by atoms with Crippen LogP contribution in [0.25, 0.3) is 6.08 Å². The fourth-order valence-corrected chi connectivity index (χ4v) is 2.78. The first-order chi connectivity index (χ1) is 12.6. The number of para-hydroxylation sites is 1. The fraction of sp³-hybridized carbons (Fsp3) is 0.200. The van der Waals surface area contributed by atoms with Gasteiger partial charge in [-0.05, 0) is 42.8 Å². The number of hydrogen-bond donors (Lipinski definition) is 0. The number of amides is 1. The molecular weight excluding hydrogens is 332 g/mol. The van der Waals surface area contributed by atoms with Crippen molar-refractivity contribution >= 4 is 23.4 Å². The molecule has 26 heavy (non-hydrogen) atoms. The second-order valence-corrected chi connectivity index (χ2v) is 5.65. The van der Waals surface area contributed by atoms with Gasteiger partial charge in [0.1, 0.15) is 0 Å². The average Bonchev–Trinajstić information content (AvgIpc) is 2.96. The highest BCUT2D eigenvalue weighted by molar-refractivity contribution is 6.32. The van der Waals surface area contributed by atoms with Crippen molar-refractivity contribution in [3.63, 3.8) is 0 Å². The van der Waals surface area contributed by atoms with E-state index >= 15 is 0 Å². The smallest absolute Gasteiger partial charge is 0.280 e. The molecular formula is C20H20N2O4. The van der Waals surface area contributed by atoms with Crippen LogP contribution >= 0.6 is 0 Å². The molecule has 1 aliphatic rings. The van der Waals surface area contributed by atoms with Crippen LogP contribution in [0.5, 0.6) is 17.2 Å². The third-order valence-corrected chi connectivity index (χ3v) is 4.06. The molecule has 0 atom stereocenters. The van der Waals surface area contributed by atoms with Gasteiger partial charge in [-0.3, -0.25) is 4.79 Å². The first-order valence-corrected chi connectivity index (χ1v) is 8.05. The van der Waals surface area contributed by atoms with Gasteiger partial charge < -0.3 is 14.2 Å². The number of hydrogen-bond acceptors (Lipinski definition) is 5. The summed E-state index contributed by atoms with van der Waals surface area (Å²) in [5.41, 5.74) is 2.65. The summed E-state index contributed by atoms with van der Waals surface area (Å²) in [6, 6.07) is 12.9. The van der Waals surface area contributed by atoms with Gasteiger partial charge in [0.25, 0.3) is 5.91 Å². The van der Waals surface area contributed by atoms with Crippen molar-refractivity contribution in [1.82, 2.24) is 0 Å². The summed E-state index contributed by atoms with van der Waals surface area (Å²) >= 11 is 0.